The average molecular weight is 556 g/mol. The van der Waals surface area contributed by atoms with Crippen LogP contribution in [0.4, 0.5) is 13.2 Å². The van der Waals surface area contributed by atoms with E-state index in [-0.39, 0.29) is 6.10 Å². The zero-order valence-corrected chi connectivity index (χ0v) is 21.9. The summed E-state index contributed by atoms with van der Waals surface area (Å²) in [5.74, 6) is -0.848. The highest BCUT2D eigenvalue weighted by Crippen LogP contribution is 2.36. The third kappa shape index (κ3) is 7.85. The molecule has 4 rings (SSSR count). The molecule has 0 bridgehead atoms. The Morgan fingerprint density at radius 3 is 2.00 bits per heavy atom. The normalized spacial score (nSPS) is 15.7. The summed E-state index contributed by atoms with van der Waals surface area (Å²) in [6.07, 6.45) is 0.362. The first-order valence-electron chi connectivity index (χ1n) is 13.3. The lowest BCUT2D eigenvalue weighted by Gasteiger charge is -2.27. The van der Waals surface area contributed by atoms with E-state index in [1.54, 1.807) is 24.3 Å². The number of carboxylic acids is 1. The second-order valence-corrected chi connectivity index (χ2v) is 10.1. The first kappa shape index (κ1) is 29.1. The molecule has 3 N–H and O–H groups in total. The lowest BCUT2D eigenvalue weighted by atomic mass is 9.84. The summed E-state index contributed by atoms with van der Waals surface area (Å²) in [6.45, 7) is -0.404. The summed E-state index contributed by atoms with van der Waals surface area (Å²) >= 11 is 0. The van der Waals surface area contributed by atoms with Crippen LogP contribution < -0.4 is 10.1 Å². The molecule has 6 nitrogen and oxygen atoms in total. The predicted molar refractivity (Wildman–Crippen MR) is 144 cm³/mol. The van der Waals surface area contributed by atoms with Crippen LogP contribution in [-0.4, -0.2) is 34.7 Å². The molecule has 0 aliphatic heterocycles. The molecule has 2 atom stereocenters. The number of aliphatic carboxylic acids is 1. The van der Waals surface area contributed by atoms with Crippen molar-refractivity contribution in [1.29, 1.82) is 0 Å². The monoisotopic (exact) mass is 555 g/mol. The molecule has 0 spiro atoms. The standard InChI is InChI=1S/C31H32F3NO5/c32-31(33,34)25-14-10-22(11-15-25)21-6-8-23(9-7-21)28(18-20-4-2-1-3-5-20)40-26-16-12-24(13-17-26)29(37)35-19-27(36)30(38)39/h6-17,20,27-28,36H,1-5,18-19H2,(H,35,37)(H,38,39)/t27-,28+/m1/s1. The molecule has 3 aromatic rings. The lowest BCUT2D eigenvalue weighted by Crippen LogP contribution is -2.36. The molecule has 0 unspecified atom stereocenters. The number of carbonyl (C=O) groups is 2. The van der Waals surface area contributed by atoms with E-state index in [1.807, 2.05) is 24.3 Å². The molecule has 9 heteroatoms. The van der Waals surface area contributed by atoms with Gasteiger partial charge in [0.2, 0.25) is 0 Å². The van der Waals surface area contributed by atoms with Gasteiger partial charge in [-0.2, -0.15) is 13.2 Å². The quantitative estimate of drug-likeness (QED) is 0.261. The van der Waals surface area contributed by atoms with Crippen LogP contribution >= 0.6 is 0 Å². The van der Waals surface area contributed by atoms with Crippen molar-refractivity contribution in [3.63, 3.8) is 0 Å². The van der Waals surface area contributed by atoms with Crippen molar-refractivity contribution >= 4 is 11.9 Å². The van der Waals surface area contributed by atoms with E-state index in [1.165, 1.54) is 31.4 Å². The molecular formula is C31H32F3NO5. The van der Waals surface area contributed by atoms with Crippen LogP contribution in [0.5, 0.6) is 5.75 Å². The highest BCUT2D eigenvalue weighted by molar-refractivity contribution is 5.94. The van der Waals surface area contributed by atoms with Crippen LogP contribution in [0.2, 0.25) is 0 Å². The molecule has 1 amide bonds. The number of aliphatic hydroxyl groups excluding tert-OH is 1. The fourth-order valence-electron chi connectivity index (χ4n) is 4.95. The Morgan fingerprint density at radius 2 is 1.45 bits per heavy atom. The van der Waals surface area contributed by atoms with Gasteiger partial charge in [0.25, 0.3) is 5.91 Å². The number of rotatable bonds is 10. The minimum Gasteiger partial charge on any atom is -0.486 e. The predicted octanol–water partition coefficient (Wildman–Crippen LogP) is 6.64. The summed E-state index contributed by atoms with van der Waals surface area (Å²) in [6, 6.07) is 19.2. The van der Waals surface area contributed by atoms with E-state index in [9.17, 15) is 27.9 Å². The van der Waals surface area contributed by atoms with Crippen LogP contribution in [0.3, 0.4) is 0 Å². The largest absolute Gasteiger partial charge is 0.486 e. The highest BCUT2D eigenvalue weighted by Gasteiger charge is 2.30. The zero-order valence-electron chi connectivity index (χ0n) is 21.9. The lowest BCUT2D eigenvalue weighted by molar-refractivity contribution is -0.146. The van der Waals surface area contributed by atoms with Crippen LogP contribution in [0, 0.1) is 5.92 Å². The van der Waals surface area contributed by atoms with E-state index in [2.05, 4.69) is 5.32 Å². The molecular weight excluding hydrogens is 523 g/mol. The Balaban J connectivity index is 1.48. The first-order chi connectivity index (χ1) is 19.1. The van der Waals surface area contributed by atoms with Crippen LogP contribution in [0.1, 0.15) is 66.1 Å². The molecule has 3 aromatic carbocycles. The summed E-state index contributed by atoms with van der Waals surface area (Å²) < 4.78 is 45.2. The van der Waals surface area contributed by atoms with Crippen LogP contribution in [0.25, 0.3) is 11.1 Å². The van der Waals surface area contributed by atoms with E-state index in [0.29, 0.717) is 22.8 Å². The SMILES string of the molecule is O=C(NC[C@@H](O)C(=O)O)c1ccc(O[C@@H](CC2CCCCC2)c2ccc(-c3ccc(C(F)(F)F)cc3)cc2)cc1. The number of ether oxygens (including phenoxy) is 1. The summed E-state index contributed by atoms with van der Waals surface area (Å²) in [4.78, 5) is 23.0. The molecule has 1 saturated carbocycles. The maximum Gasteiger partial charge on any atom is 0.416 e. The molecule has 0 heterocycles. The molecule has 1 aliphatic rings. The first-order valence-corrected chi connectivity index (χ1v) is 13.3. The van der Waals surface area contributed by atoms with E-state index >= 15 is 0 Å². The molecule has 40 heavy (non-hydrogen) atoms. The fraction of sp³-hybridized carbons (Fsp3) is 0.355. The van der Waals surface area contributed by atoms with Crippen molar-refractivity contribution in [3.8, 4) is 16.9 Å². The minimum absolute atomic E-state index is 0.254. The van der Waals surface area contributed by atoms with Crippen LogP contribution in [0.15, 0.2) is 72.8 Å². The van der Waals surface area contributed by atoms with Gasteiger partial charge < -0.3 is 20.3 Å². The molecule has 1 fully saturated rings. The fourth-order valence-corrected chi connectivity index (χ4v) is 4.95. The number of alkyl halides is 3. The van der Waals surface area contributed by atoms with E-state index in [0.717, 1.165) is 42.5 Å². The van der Waals surface area contributed by atoms with Gasteiger partial charge in [0.05, 0.1) is 12.1 Å². The molecule has 0 saturated heterocycles. The van der Waals surface area contributed by atoms with Gasteiger partial charge in [0.1, 0.15) is 11.9 Å². The van der Waals surface area contributed by atoms with E-state index < -0.39 is 36.3 Å². The van der Waals surface area contributed by atoms with Gasteiger partial charge in [0, 0.05) is 5.56 Å². The van der Waals surface area contributed by atoms with Gasteiger partial charge in [-0.05, 0) is 65.4 Å². The van der Waals surface area contributed by atoms with E-state index in [4.69, 9.17) is 9.84 Å². The number of carbonyl (C=O) groups excluding carboxylic acids is 1. The highest BCUT2D eigenvalue weighted by atomic mass is 19.4. The van der Waals surface area contributed by atoms with Crippen LogP contribution in [-0.2, 0) is 11.0 Å². The number of nitrogens with one attached hydrogen (secondary N) is 1. The Bertz CT molecular complexity index is 1270. The number of carboxylic acid groups (broad SMARTS) is 1. The van der Waals surface area contributed by atoms with Gasteiger partial charge in [-0.3, -0.25) is 4.79 Å². The summed E-state index contributed by atoms with van der Waals surface area (Å²) in [5, 5.41) is 20.5. The summed E-state index contributed by atoms with van der Waals surface area (Å²) in [5.41, 5.74) is 2.06. The van der Waals surface area contributed by atoms with Crippen molar-refractivity contribution in [2.75, 3.05) is 6.54 Å². The van der Waals surface area contributed by atoms with Gasteiger partial charge in [0.15, 0.2) is 6.10 Å². The van der Waals surface area contributed by atoms with Crippen molar-refractivity contribution in [2.24, 2.45) is 5.92 Å². The Morgan fingerprint density at radius 1 is 0.875 bits per heavy atom. The van der Waals surface area contributed by atoms with Crippen molar-refractivity contribution in [1.82, 2.24) is 5.32 Å². The molecule has 1 aliphatic carbocycles. The smallest absolute Gasteiger partial charge is 0.416 e. The minimum atomic E-state index is -4.38. The third-order valence-corrected chi connectivity index (χ3v) is 7.24. The number of halogens is 3. The number of amides is 1. The summed E-state index contributed by atoms with van der Waals surface area (Å²) in [7, 11) is 0. The van der Waals surface area contributed by atoms with Crippen molar-refractivity contribution in [2.45, 2.75) is 56.9 Å². The zero-order chi connectivity index (χ0) is 28.7. The molecule has 0 aromatic heterocycles. The molecule has 212 valence electrons. The Labute approximate surface area is 230 Å². The average Bonchev–Trinajstić information content (AvgIpc) is 2.96. The number of hydrogen-bond acceptors (Lipinski definition) is 4. The number of benzene rings is 3. The maximum absolute atomic E-state index is 12.9. The second kappa shape index (κ2) is 13.0. The van der Waals surface area contributed by atoms with Gasteiger partial charge in [-0.25, -0.2) is 4.79 Å². The maximum atomic E-state index is 12.9. The van der Waals surface area contributed by atoms with Crippen molar-refractivity contribution in [3.05, 3.63) is 89.5 Å². The van der Waals surface area contributed by atoms with Crippen molar-refractivity contribution < 1.29 is 37.7 Å². The number of aliphatic hydroxyl groups is 1. The number of hydrogen-bond donors (Lipinski definition) is 3. The second-order valence-electron chi connectivity index (χ2n) is 10.1. The molecule has 0 radical (unpaired) electrons. The Kier molecular flexibility index (Phi) is 9.47. The van der Waals surface area contributed by atoms with Gasteiger partial charge in [-0.1, -0.05) is 68.5 Å². The third-order valence-electron chi connectivity index (χ3n) is 7.24. The Hall–Kier alpha value is -3.85. The van der Waals surface area contributed by atoms with Gasteiger partial charge >= 0.3 is 12.1 Å². The van der Waals surface area contributed by atoms with Gasteiger partial charge in [-0.15, -0.1) is 0 Å². The topological polar surface area (TPSA) is 95.9 Å².